The molecule has 0 aromatic heterocycles. The third-order valence-electron chi connectivity index (χ3n) is 4.04. The first-order valence-corrected chi connectivity index (χ1v) is 5.98. The van der Waals surface area contributed by atoms with Crippen molar-refractivity contribution in [1.29, 1.82) is 0 Å². The van der Waals surface area contributed by atoms with E-state index in [2.05, 4.69) is 11.0 Å². The number of ether oxygens (including phenoxy) is 1. The molecule has 3 rings (SSSR count). The molecule has 1 saturated carbocycles. The van der Waals surface area contributed by atoms with Gasteiger partial charge in [0, 0.05) is 24.7 Å². The first-order chi connectivity index (χ1) is 6.95. The van der Waals surface area contributed by atoms with Gasteiger partial charge in [-0.25, -0.2) is 0 Å². The molecule has 78 valence electrons. The third-order valence-corrected chi connectivity index (χ3v) is 4.04. The van der Waals surface area contributed by atoms with Gasteiger partial charge in [0.1, 0.15) is 0 Å². The van der Waals surface area contributed by atoms with E-state index in [9.17, 15) is 0 Å². The number of hydrogen-bond donors (Lipinski definition) is 0. The molecule has 0 aromatic carbocycles. The highest BCUT2D eigenvalue weighted by atomic mass is 16.5. The van der Waals surface area contributed by atoms with Crippen LogP contribution in [0, 0.1) is 11.8 Å². The summed E-state index contributed by atoms with van der Waals surface area (Å²) in [5.74, 6) is 1.90. The van der Waals surface area contributed by atoms with Crippen LogP contribution in [0.5, 0.6) is 0 Å². The molecule has 1 saturated heterocycles. The Bertz CT molecular complexity index is 243. The summed E-state index contributed by atoms with van der Waals surface area (Å²) in [7, 11) is 0. The Labute approximate surface area is 85.9 Å². The molecule has 0 N–H and O–H groups in total. The highest BCUT2D eigenvalue weighted by Crippen LogP contribution is 2.45. The molecule has 2 aliphatic carbocycles. The lowest BCUT2D eigenvalue weighted by Gasteiger charge is -2.33. The van der Waals surface area contributed by atoms with Crippen LogP contribution in [0.4, 0.5) is 0 Å². The number of allylic oxidation sites excluding steroid dienone is 2. The summed E-state index contributed by atoms with van der Waals surface area (Å²) in [6.07, 6.45) is 8.21. The first kappa shape index (κ1) is 8.78. The van der Waals surface area contributed by atoms with Crippen molar-refractivity contribution >= 4 is 0 Å². The molecule has 2 atom stereocenters. The van der Waals surface area contributed by atoms with Gasteiger partial charge in [-0.05, 0) is 25.2 Å². The second-order valence-corrected chi connectivity index (χ2v) is 4.76. The summed E-state index contributed by atoms with van der Waals surface area (Å²) in [4.78, 5) is 2.57. The van der Waals surface area contributed by atoms with Gasteiger partial charge in [0.05, 0.1) is 13.2 Å². The van der Waals surface area contributed by atoms with Crippen molar-refractivity contribution in [1.82, 2.24) is 4.90 Å². The van der Waals surface area contributed by atoms with E-state index in [0.29, 0.717) is 0 Å². The van der Waals surface area contributed by atoms with E-state index in [1.165, 1.54) is 25.7 Å². The number of nitrogens with zero attached hydrogens (tertiary/aromatic N) is 1. The van der Waals surface area contributed by atoms with Crippen LogP contribution in [0.3, 0.4) is 0 Å². The van der Waals surface area contributed by atoms with Crippen LogP contribution >= 0.6 is 0 Å². The normalized spacial score (nSPS) is 37.1. The SMILES string of the molecule is C1=C(N2CCOCC2)C2CCCC2C1. The zero-order valence-electron chi connectivity index (χ0n) is 8.74. The number of hydrogen-bond acceptors (Lipinski definition) is 2. The summed E-state index contributed by atoms with van der Waals surface area (Å²) < 4.78 is 5.40. The largest absolute Gasteiger partial charge is 0.378 e. The van der Waals surface area contributed by atoms with E-state index in [-0.39, 0.29) is 0 Å². The van der Waals surface area contributed by atoms with Gasteiger partial charge in [-0.3, -0.25) is 0 Å². The Morgan fingerprint density at radius 1 is 1.21 bits per heavy atom. The molecule has 1 aliphatic heterocycles. The molecule has 2 unspecified atom stereocenters. The molecule has 0 amide bonds. The molecular weight excluding hydrogens is 174 g/mol. The monoisotopic (exact) mass is 193 g/mol. The Morgan fingerprint density at radius 2 is 2.07 bits per heavy atom. The predicted molar refractivity (Wildman–Crippen MR) is 55.9 cm³/mol. The van der Waals surface area contributed by atoms with Gasteiger partial charge in [0.15, 0.2) is 0 Å². The predicted octanol–water partition coefficient (Wildman–Crippen LogP) is 2.02. The van der Waals surface area contributed by atoms with E-state index >= 15 is 0 Å². The fourth-order valence-corrected chi connectivity index (χ4v) is 3.32. The first-order valence-electron chi connectivity index (χ1n) is 5.98. The summed E-state index contributed by atoms with van der Waals surface area (Å²) in [6.45, 7) is 4.09. The zero-order chi connectivity index (χ0) is 9.38. The maximum absolute atomic E-state index is 5.40. The Morgan fingerprint density at radius 3 is 2.93 bits per heavy atom. The van der Waals surface area contributed by atoms with Gasteiger partial charge >= 0.3 is 0 Å². The topological polar surface area (TPSA) is 12.5 Å². The average Bonchev–Trinajstić information content (AvgIpc) is 2.79. The second kappa shape index (κ2) is 3.58. The van der Waals surface area contributed by atoms with Gasteiger partial charge in [0.25, 0.3) is 0 Å². The lowest BCUT2D eigenvalue weighted by Crippen LogP contribution is -2.37. The molecule has 3 aliphatic rings. The van der Waals surface area contributed by atoms with Crippen LogP contribution in [0.15, 0.2) is 11.8 Å². The molecule has 2 fully saturated rings. The van der Waals surface area contributed by atoms with E-state index < -0.39 is 0 Å². The maximum atomic E-state index is 5.40. The van der Waals surface area contributed by atoms with Crippen molar-refractivity contribution in [3.8, 4) is 0 Å². The van der Waals surface area contributed by atoms with Crippen LogP contribution < -0.4 is 0 Å². The fourth-order valence-electron chi connectivity index (χ4n) is 3.32. The highest BCUT2D eigenvalue weighted by Gasteiger charge is 2.36. The average molecular weight is 193 g/mol. The summed E-state index contributed by atoms with van der Waals surface area (Å²) in [5, 5.41) is 0. The van der Waals surface area contributed by atoms with E-state index in [1.54, 1.807) is 5.70 Å². The Balaban J connectivity index is 1.71. The third kappa shape index (κ3) is 1.36. The summed E-state index contributed by atoms with van der Waals surface area (Å²) in [6, 6.07) is 0. The van der Waals surface area contributed by atoms with Crippen LogP contribution in [-0.4, -0.2) is 31.2 Å². The molecule has 2 nitrogen and oxygen atoms in total. The van der Waals surface area contributed by atoms with E-state index in [0.717, 1.165) is 38.1 Å². The van der Waals surface area contributed by atoms with Crippen LogP contribution in [0.2, 0.25) is 0 Å². The molecule has 0 bridgehead atoms. The van der Waals surface area contributed by atoms with Crippen molar-refractivity contribution < 1.29 is 4.74 Å². The quantitative estimate of drug-likeness (QED) is 0.631. The van der Waals surface area contributed by atoms with Crippen molar-refractivity contribution in [2.24, 2.45) is 11.8 Å². The number of rotatable bonds is 1. The van der Waals surface area contributed by atoms with Crippen molar-refractivity contribution in [2.45, 2.75) is 25.7 Å². The molecule has 0 spiro atoms. The number of morpholine rings is 1. The lowest BCUT2D eigenvalue weighted by molar-refractivity contribution is 0.0485. The van der Waals surface area contributed by atoms with Gasteiger partial charge in [-0.1, -0.05) is 12.5 Å². The minimum atomic E-state index is 0.910. The zero-order valence-corrected chi connectivity index (χ0v) is 8.74. The minimum Gasteiger partial charge on any atom is -0.378 e. The van der Waals surface area contributed by atoms with Gasteiger partial charge < -0.3 is 9.64 Å². The molecule has 14 heavy (non-hydrogen) atoms. The minimum absolute atomic E-state index is 0.910. The molecule has 1 heterocycles. The van der Waals surface area contributed by atoms with Crippen molar-refractivity contribution in [3.63, 3.8) is 0 Å². The van der Waals surface area contributed by atoms with Gasteiger partial charge in [0.2, 0.25) is 0 Å². The van der Waals surface area contributed by atoms with Crippen LogP contribution in [0.1, 0.15) is 25.7 Å². The fraction of sp³-hybridized carbons (Fsp3) is 0.833. The molecule has 0 radical (unpaired) electrons. The summed E-state index contributed by atoms with van der Waals surface area (Å²) >= 11 is 0. The van der Waals surface area contributed by atoms with Crippen molar-refractivity contribution in [2.75, 3.05) is 26.3 Å². The highest BCUT2D eigenvalue weighted by molar-refractivity contribution is 5.16. The van der Waals surface area contributed by atoms with Crippen LogP contribution in [0.25, 0.3) is 0 Å². The van der Waals surface area contributed by atoms with E-state index in [4.69, 9.17) is 4.74 Å². The van der Waals surface area contributed by atoms with Gasteiger partial charge in [-0.15, -0.1) is 0 Å². The molecule has 0 aromatic rings. The number of fused-ring (bicyclic) bond motifs is 1. The smallest absolute Gasteiger partial charge is 0.0642 e. The maximum Gasteiger partial charge on any atom is 0.0642 e. The van der Waals surface area contributed by atoms with E-state index in [1.807, 2.05) is 0 Å². The van der Waals surface area contributed by atoms with Crippen molar-refractivity contribution in [3.05, 3.63) is 11.8 Å². The summed E-state index contributed by atoms with van der Waals surface area (Å²) in [5.41, 5.74) is 1.66. The van der Waals surface area contributed by atoms with Crippen LogP contribution in [-0.2, 0) is 4.74 Å². The van der Waals surface area contributed by atoms with Gasteiger partial charge in [-0.2, -0.15) is 0 Å². The Kier molecular flexibility index (Phi) is 2.24. The lowest BCUT2D eigenvalue weighted by atomic mass is 9.97. The molecular formula is C12H19NO. The Hall–Kier alpha value is -0.500. The molecule has 2 heteroatoms. The standard InChI is InChI=1S/C12H19NO/c1-2-10-4-5-12(11(10)3-1)13-6-8-14-9-7-13/h5,10-11H,1-4,6-9H2. The second-order valence-electron chi connectivity index (χ2n) is 4.76.